The van der Waals surface area contributed by atoms with Crippen molar-refractivity contribution in [2.24, 2.45) is 0 Å². The average Bonchev–Trinajstić information content (AvgIpc) is 2.75. The van der Waals surface area contributed by atoms with Gasteiger partial charge in [-0.3, -0.25) is 0 Å². The summed E-state index contributed by atoms with van der Waals surface area (Å²) in [6.07, 6.45) is 1.66. The highest BCUT2D eigenvalue weighted by Gasteiger charge is 2.14. The van der Waals surface area contributed by atoms with E-state index in [9.17, 15) is 0 Å². The van der Waals surface area contributed by atoms with Gasteiger partial charge in [0.05, 0.1) is 0 Å². The zero-order valence-corrected chi connectivity index (χ0v) is 22.5. The number of hydrogen-bond donors (Lipinski definition) is 0. The molecule has 0 aliphatic rings. The third-order valence-corrected chi connectivity index (χ3v) is 7.54. The van der Waals surface area contributed by atoms with Crippen molar-refractivity contribution < 1.29 is 0 Å². The molecule has 0 saturated heterocycles. The highest BCUT2D eigenvalue weighted by Crippen LogP contribution is 2.34. The summed E-state index contributed by atoms with van der Waals surface area (Å²) < 4.78 is 0. The quantitative estimate of drug-likeness (QED) is 0.263. The predicted molar refractivity (Wildman–Crippen MR) is 149 cm³/mol. The number of hydrogen-bond acceptors (Lipinski definition) is 0. The van der Waals surface area contributed by atoms with Gasteiger partial charge in [-0.05, 0) is 133 Å². The predicted octanol–water partition coefficient (Wildman–Crippen LogP) is 9.69. The largest absolute Gasteiger partial charge is 0.0840 e. The Balaban J connectivity index is 1.76. The fourth-order valence-corrected chi connectivity index (χ4v) is 5.36. The van der Waals surface area contributed by atoms with Gasteiger partial charge >= 0.3 is 0 Å². The second-order valence-electron chi connectivity index (χ2n) is 9.73. The summed E-state index contributed by atoms with van der Waals surface area (Å²) in [5, 5.41) is 1.68. The lowest BCUT2D eigenvalue weighted by Crippen LogP contribution is -2.00. The van der Waals surface area contributed by atoms with E-state index in [-0.39, 0.29) is 0 Å². The minimum Gasteiger partial charge on any atom is -0.0840 e. The Hall–Kier alpha value is -2.54. The van der Waals surface area contributed by atoms with Crippen molar-refractivity contribution in [1.82, 2.24) is 0 Å². The Labute approximate surface area is 214 Å². The van der Waals surface area contributed by atoms with Crippen LogP contribution in [-0.4, -0.2) is 0 Å². The molecule has 2 heteroatoms. The molecule has 0 radical (unpaired) electrons. The lowest BCUT2D eigenvalue weighted by molar-refractivity contribution is 1.13. The molecule has 0 atom stereocenters. The maximum atomic E-state index is 6.57. The van der Waals surface area contributed by atoms with E-state index in [2.05, 4.69) is 90.1 Å². The Bertz CT molecular complexity index is 1270. The molecular weight excluding hydrogens is 455 g/mol. The summed E-state index contributed by atoms with van der Waals surface area (Å²) in [5.74, 6) is 0. The normalized spacial score (nSPS) is 11.2. The van der Waals surface area contributed by atoms with Gasteiger partial charge in [0.15, 0.2) is 0 Å². The molecule has 0 aliphatic heterocycles. The molecule has 0 nitrogen and oxygen atoms in total. The van der Waals surface area contributed by atoms with Crippen molar-refractivity contribution >= 4 is 23.2 Å². The fraction of sp³-hybridized carbons (Fsp3) is 0.250. The van der Waals surface area contributed by atoms with Crippen molar-refractivity contribution in [3.63, 3.8) is 0 Å². The molecule has 0 aliphatic carbocycles. The number of halogens is 2. The minimum atomic E-state index is 0.828. The van der Waals surface area contributed by atoms with E-state index in [1.165, 1.54) is 66.8 Å². The van der Waals surface area contributed by atoms with Crippen molar-refractivity contribution in [2.75, 3.05) is 0 Å². The van der Waals surface area contributed by atoms with Crippen LogP contribution in [0.2, 0.25) is 10.0 Å². The van der Waals surface area contributed by atoms with Crippen LogP contribution in [0.25, 0.3) is 11.1 Å². The van der Waals surface area contributed by atoms with Crippen LogP contribution in [0, 0.1) is 41.5 Å². The van der Waals surface area contributed by atoms with E-state index >= 15 is 0 Å². The molecule has 34 heavy (non-hydrogen) atoms. The summed E-state index contributed by atoms with van der Waals surface area (Å²) in [6.45, 7) is 13.0. The van der Waals surface area contributed by atoms with Crippen LogP contribution in [-0.2, 0) is 12.8 Å². The summed E-state index contributed by atoms with van der Waals surface area (Å²) in [5.41, 5.74) is 15.1. The summed E-state index contributed by atoms with van der Waals surface area (Å²) in [7, 11) is 0. The molecule has 0 N–H and O–H groups in total. The van der Waals surface area contributed by atoms with Gasteiger partial charge in [0.1, 0.15) is 0 Å². The molecule has 0 heterocycles. The molecule has 4 aromatic rings. The molecule has 174 valence electrons. The van der Waals surface area contributed by atoms with Crippen molar-refractivity contribution in [3.05, 3.63) is 126 Å². The number of aryl methyl sites for hydroxylation is 6. The summed E-state index contributed by atoms with van der Waals surface area (Å²) in [6, 6.07) is 22.0. The van der Waals surface area contributed by atoms with Crippen LogP contribution in [0.15, 0.2) is 60.7 Å². The molecule has 0 saturated carbocycles. The first-order chi connectivity index (χ1) is 16.1. The van der Waals surface area contributed by atoms with Gasteiger partial charge in [-0.25, -0.2) is 0 Å². The van der Waals surface area contributed by atoms with Gasteiger partial charge in [0, 0.05) is 10.0 Å². The lowest BCUT2D eigenvalue weighted by Gasteiger charge is -2.18. The Morgan fingerprint density at radius 1 is 0.441 bits per heavy atom. The first-order valence-electron chi connectivity index (χ1n) is 11.8. The molecular formula is C32H32Cl2. The van der Waals surface area contributed by atoms with Gasteiger partial charge in [0.25, 0.3) is 0 Å². The van der Waals surface area contributed by atoms with E-state index < -0.39 is 0 Å². The van der Waals surface area contributed by atoms with Gasteiger partial charge < -0.3 is 0 Å². The summed E-state index contributed by atoms with van der Waals surface area (Å²) in [4.78, 5) is 0. The van der Waals surface area contributed by atoms with Crippen LogP contribution in [0.1, 0.15) is 55.6 Å². The van der Waals surface area contributed by atoms with Crippen molar-refractivity contribution in [1.29, 1.82) is 0 Å². The highest BCUT2D eigenvalue weighted by atomic mass is 35.5. The molecule has 0 bridgehead atoms. The second kappa shape index (κ2) is 9.98. The maximum Gasteiger partial charge on any atom is 0.0444 e. The standard InChI is InChI=1S/C32H32Cl2/c1-19-7-9-25(31(33)11-19)15-27-17-29(23(5)13-21(27)3)30-18-28(22(4)14-24(30)6)16-26-10-8-20(2)12-32(26)34/h7-14,17-18H,15-16H2,1-6H3. The molecule has 4 rings (SSSR count). The maximum absolute atomic E-state index is 6.57. The Morgan fingerprint density at radius 3 is 1.18 bits per heavy atom. The zero-order valence-electron chi connectivity index (χ0n) is 20.9. The van der Waals surface area contributed by atoms with E-state index in [1.54, 1.807) is 0 Å². The Kier molecular flexibility index (Phi) is 7.22. The third kappa shape index (κ3) is 5.24. The molecule has 0 unspecified atom stereocenters. The van der Waals surface area contributed by atoms with E-state index in [1.807, 2.05) is 12.1 Å². The zero-order chi connectivity index (χ0) is 24.6. The van der Waals surface area contributed by atoms with E-state index in [0.29, 0.717) is 0 Å². The number of rotatable bonds is 5. The monoisotopic (exact) mass is 486 g/mol. The van der Waals surface area contributed by atoms with Crippen molar-refractivity contribution in [3.8, 4) is 11.1 Å². The molecule has 4 aromatic carbocycles. The average molecular weight is 488 g/mol. The molecule has 0 amide bonds. The van der Waals surface area contributed by atoms with Gasteiger partial charge in [-0.1, -0.05) is 71.7 Å². The summed E-state index contributed by atoms with van der Waals surface area (Å²) >= 11 is 13.1. The molecule has 0 fully saturated rings. The van der Waals surface area contributed by atoms with Crippen LogP contribution < -0.4 is 0 Å². The third-order valence-electron chi connectivity index (χ3n) is 6.83. The van der Waals surface area contributed by atoms with Gasteiger partial charge in [-0.2, -0.15) is 0 Å². The van der Waals surface area contributed by atoms with Gasteiger partial charge in [0.2, 0.25) is 0 Å². The number of benzene rings is 4. The molecule has 0 aromatic heterocycles. The van der Waals surface area contributed by atoms with Crippen LogP contribution in [0.5, 0.6) is 0 Å². The SMILES string of the molecule is Cc1ccc(Cc2cc(-c3cc(Cc4ccc(C)cc4Cl)c(C)cc3C)c(C)cc2C)c(Cl)c1. The van der Waals surface area contributed by atoms with E-state index in [4.69, 9.17) is 23.2 Å². The van der Waals surface area contributed by atoms with Crippen molar-refractivity contribution in [2.45, 2.75) is 54.4 Å². The van der Waals surface area contributed by atoms with Gasteiger partial charge in [-0.15, -0.1) is 0 Å². The van der Waals surface area contributed by atoms with E-state index in [0.717, 1.165) is 22.9 Å². The first kappa shape index (κ1) is 24.6. The second-order valence-corrected chi connectivity index (χ2v) is 10.5. The Morgan fingerprint density at radius 2 is 0.824 bits per heavy atom. The van der Waals surface area contributed by atoms with Crippen LogP contribution in [0.4, 0.5) is 0 Å². The minimum absolute atomic E-state index is 0.828. The lowest BCUT2D eigenvalue weighted by atomic mass is 9.87. The topological polar surface area (TPSA) is 0 Å². The molecule has 0 spiro atoms. The smallest absolute Gasteiger partial charge is 0.0444 e. The first-order valence-corrected chi connectivity index (χ1v) is 12.6. The fourth-order valence-electron chi connectivity index (χ4n) is 4.76. The van der Waals surface area contributed by atoms with Crippen LogP contribution >= 0.6 is 23.2 Å². The highest BCUT2D eigenvalue weighted by molar-refractivity contribution is 6.31. The van der Waals surface area contributed by atoms with Crippen LogP contribution in [0.3, 0.4) is 0 Å².